The molecule has 0 radical (unpaired) electrons. The summed E-state index contributed by atoms with van der Waals surface area (Å²) >= 11 is 3.56. The van der Waals surface area contributed by atoms with Crippen molar-refractivity contribution in [3.05, 3.63) is 94.3 Å². The van der Waals surface area contributed by atoms with E-state index in [4.69, 9.17) is 9.97 Å². The van der Waals surface area contributed by atoms with Crippen LogP contribution >= 0.6 is 0 Å². The van der Waals surface area contributed by atoms with Crippen LogP contribution in [0.1, 0.15) is 39.5 Å². The van der Waals surface area contributed by atoms with Crippen LogP contribution in [-0.2, 0) is 15.7 Å². The molecule has 6 heterocycles. The number of aromatic nitrogens is 5. The number of nitrogens with one attached hydrogen (secondary N) is 2. The van der Waals surface area contributed by atoms with E-state index in [1.54, 1.807) is 5.86 Å². The van der Waals surface area contributed by atoms with Gasteiger partial charge in [-0.15, -0.1) is 0 Å². The van der Waals surface area contributed by atoms with Gasteiger partial charge in [0.25, 0.3) is 0 Å². The van der Waals surface area contributed by atoms with Crippen LogP contribution in [0.2, 0.25) is 5.86 Å². The van der Waals surface area contributed by atoms with Gasteiger partial charge in [0.05, 0.1) is 22.8 Å². The summed E-state index contributed by atoms with van der Waals surface area (Å²) in [5, 5.41) is 0. The molecule has 0 fully saturated rings. The van der Waals surface area contributed by atoms with Crippen molar-refractivity contribution in [2.75, 3.05) is 0 Å². The number of fused-ring (bicyclic) bond motifs is 8. The zero-order valence-corrected chi connectivity index (χ0v) is 21.2. The van der Waals surface area contributed by atoms with Gasteiger partial charge in [-0.3, -0.25) is 0 Å². The predicted molar refractivity (Wildman–Crippen MR) is 140 cm³/mol. The van der Waals surface area contributed by atoms with Gasteiger partial charge < -0.3 is 9.97 Å². The molecule has 2 aliphatic rings. The molecule has 0 saturated carbocycles. The summed E-state index contributed by atoms with van der Waals surface area (Å²) in [7, 11) is 0. The van der Waals surface area contributed by atoms with Crippen LogP contribution in [0.5, 0.6) is 0 Å². The molecule has 2 aliphatic heterocycles. The fourth-order valence-electron chi connectivity index (χ4n) is 4.43. The zero-order chi connectivity index (χ0) is 24.5. The molecule has 0 saturated heterocycles. The Labute approximate surface area is 212 Å². The van der Waals surface area contributed by atoms with Crippen LogP contribution in [0.4, 0.5) is 0 Å². The Morgan fingerprint density at radius 1 is 0.686 bits per heavy atom. The van der Waals surface area contributed by atoms with Crippen molar-refractivity contribution in [2.45, 2.75) is 26.6 Å². The summed E-state index contributed by atoms with van der Waals surface area (Å²) in [6.07, 6.45) is 12.5. The average Bonchev–Trinajstić information content (AvgIpc) is 3.70. The number of aryl methyl sites for hydroxylation is 3. The minimum absolute atomic E-state index is 0.926. The summed E-state index contributed by atoms with van der Waals surface area (Å²) in [6.45, 7) is 6.34. The van der Waals surface area contributed by atoms with E-state index in [9.17, 15) is 0 Å². The van der Waals surface area contributed by atoms with Crippen molar-refractivity contribution in [3.8, 4) is 5.69 Å². The number of hydrogen-bond acceptors (Lipinski definition) is 2. The Bertz CT molecular complexity index is 1640. The predicted octanol–water partition coefficient (Wildman–Crippen LogP) is 6.44. The summed E-state index contributed by atoms with van der Waals surface area (Å²) in [5.41, 5.74) is 12.4. The van der Waals surface area contributed by atoms with Gasteiger partial charge in [-0.1, -0.05) is 6.07 Å². The van der Waals surface area contributed by atoms with Crippen molar-refractivity contribution in [3.63, 3.8) is 0 Å². The Morgan fingerprint density at radius 3 is 1.97 bits per heavy atom. The first-order valence-electron chi connectivity index (χ1n) is 11.4. The van der Waals surface area contributed by atoms with E-state index in [0.717, 1.165) is 67.2 Å². The number of aromatic amines is 2. The van der Waals surface area contributed by atoms with E-state index >= 15 is 0 Å². The number of H-pyrrole nitrogens is 2. The molecule has 6 rings (SSSR count). The van der Waals surface area contributed by atoms with Crippen LogP contribution in [0.3, 0.4) is 0 Å². The van der Waals surface area contributed by atoms with E-state index in [-0.39, 0.29) is 0 Å². The Hall–Kier alpha value is -3.74. The fourth-order valence-corrected chi connectivity index (χ4v) is 4.43. The molecule has 0 atom stereocenters. The maximum absolute atomic E-state index is 4.98. The van der Waals surface area contributed by atoms with Crippen molar-refractivity contribution in [2.24, 2.45) is 0 Å². The fraction of sp³-hybridized carbons (Fsp3) is 0.138. The van der Waals surface area contributed by atoms with Crippen LogP contribution in [0, 0.1) is 20.8 Å². The van der Waals surface area contributed by atoms with Crippen molar-refractivity contribution < 1.29 is 20.3 Å². The van der Waals surface area contributed by atoms with E-state index in [1.807, 2.05) is 18.2 Å². The van der Waals surface area contributed by atoms with E-state index in [1.165, 1.54) is 0 Å². The minimum atomic E-state index is 0.926. The number of hydrogen-bond donors (Lipinski definition) is 2. The summed E-state index contributed by atoms with van der Waals surface area (Å²) < 4.78 is 2.13. The first-order chi connectivity index (χ1) is 17.1. The summed E-state index contributed by atoms with van der Waals surface area (Å²) in [5.74, 6) is 1.69. The molecule has 6 heteroatoms. The molecule has 0 unspecified atom stereocenters. The summed E-state index contributed by atoms with van der Waals surface area (Å²) in [6, 6.07) is 14.6. The van der Waals surface area contributed by atoms with Gasteiger partial charge in [0.1, 0.15) is 5.52 Å². The third kappa shape index (κ3) is 4.27. The monoisotopic (exact) mass is 504 g/mol. The van der Waals surface area contributed by atoms with Crippen molar-refractivity contribution in [1.82, 2.24) is 19.9 Å². The van der Waals surface area contributed by atoms with Gasteiger partial charge in [0.15, 0.2) is 12.4 Å². The number of pyridine rings is 1. The second-order valence-corrected chi connectivity index (χ2v) is 8.54. The first-order valence-corrected chi connectivity index (χ1v) is 12.5. The molecular weight excluding hydrogens is 477 g/mol. The van der Waals surface area contributed by atoms with Gasteiger partial charge in [0.2, 0.25) is 5.69 Å². The second-order valence-electron chi connectivity index (χ2n) is 8.54. The molecule has 8 bridgehead atoms. The molecule has 5 nitrogen and oxygen atoms in total. The average molecular weight is 505 g/mol. The molecule has 2 N–H and O–H groups in total. The molecule has 0 aromatic carbocycles. The number of nitrogens with zero attached hydrogens (tertiary/aromatic N) is 3. The Balaban J connectivity index is 0.00000124. The van der Waals surface area contributed by atoms with Crippen LogP contribution in [-0.4, -0.2) is 19.9 Å². The quantitative estimate of drug-likeness (QED) is 0.253. The van der Waals surface area contributed by atoms with Gasteiger partial charge in [-0.2, -0.15) is 4.57 Å². The SMILES string of the molecule is Cc1c2nc(cc3cc(-[n+]4ccccc4)c([nH]3)c(C)c3nc(c(C)c4ccc1[nH]4)C=C3)C=C2.[CH3][Co]. The third-order valence-electron chi connectivity index (χ3n) is 6.44. The van der Waals surface area contributed by atoms with E-state index < -0.39 is 0 Å². The molecule has 0 spiro atoms. The van der Waals surface area contributed by atoms with Gasteiger partial charge in [-0.25, -0.2) is 9.97 Å². The van der Waals surface area contributed by atoms with Gasteiger partial charge >= 0.3 is 21.6 Å². The molecule has 0 amide bonds. The topological polar surface area (TPSA) is 61.2 Å². The van der Waals surface area contributed by atoms with Gasteiger partial charge in [0, 0.05) is 40.3 Å². The van der Waals surface area contributed by atoms with Crippen molar-refractivity contribution >= 4 is 46.4 Å². The number of rotatable bonds is 1. The Kier molecular flexibility index (Phi) is 6.24. The molecule has 0 aliphatic carbocycles. The Morgan fingerprint density at radius 2 is 1.29 bits per heavy atom. The molecule has 176 valence electrons. The maximum atomic E-state index is 4.98. The third-order valence-corrected chi connectivity index (χ3v) is 6.44. The van der Waals surface area contributed by atoms with E-state index in [0.29, 0.717) is 0 Å². The molecule has 35 heavy (non-hydrogen) atoms. The van der Waals surface area contributed by atoms with Crippen LogP contribution in [0.15, 0.2) is 54.9 Å². The standard InChI is InChI=1S/C28H24N5.CH3.Co/c1-17-22-8-7-20(29-22)15-21-16-27(33-13-5-4-6-14-33)28(30-21)19(3)26-12-11-25(32-26)18(2)24-10-9-23(17)31-24;;/h4-16,30-31H,1-3H3;1H3;/q+1;;. The second kappa shape index (κ2) is 9.48. The van der Waals surface area contributed by atoms with Gasteiger partial charge in [-0.05, 0) is 74.4 Å². The summed E-state index contributed by atoms with van der Waals surface area (Å²) in [4.78, 5) is 17.0. The molecular formula is C29H27CoN5+. The van der Waals surface area contributed by atoms with Crippen LogP contribution < -0.4 is 4.57 Å². The zero-order valence-electron chi connectivity index (χ0n) is 20.2. The van der Waals surface area contributed by atoms with Crippen molar-refractivity contribution in [1.29, 1.82) is 0 Å². The molecule has 4 aromatic heterocycles. The van der Waals surface area contributed by atoms with Crippen LogP contribution in [0.25, 0.3) is 52.1 Å². The molecule has 4 aromatic rings. The van der Waals surface area contributed by atoms with E-state index in [2.05, 4.69) is 112 Å². The normalized spacial score (nSPS) is 11.9. The first kappa shape index (κ1) is 23.0.